The molecular weight excluding hydrogens is 277 g/mol. The van der Waals surface area contributed by atoms with Crippen molar-refractivity contribution in [1.82, 2.24) is 15.3 Å². The number of aromatic nitrogens is 2. The molecule has 2 aromatic rings. The minimum atomic E-state index is -0.0649. The quantitative estimate of drug-likeness (QED) is 0.935. The molecule has 1 N–H and O–H groups in total. The van der Waals surface area contributed by atoms with Gasteiger partial charge in [-0.1, -0.05) is 30.1 Å². The van der Waals surface area contributed by atoms with E-state index in [-0.39, 0.29) is 6.04 Å². The number of hydrogen-bond donors (Lipinski definition) is 1. The highest BCUT2D eigenvalue weighted by Gasteiger charge is 2.19. The third kappa shape index (κ3) is 2.96. The average molecular weight is 288 g/mol. The van der Waals surface area contributed by atoms with E-state index in [4.69, 9.17) is 23.2 Å². The summed E-state index contributed by atoms with van der Waals surface area (Å²) in [7, 11) is 0. The van der Waals surface area contributed by atoms with Crippen LogP contribution in [0.4, 0.5) is 0 Å². The molecule has 0 aliphatic heterocycles. The summed E-state index contributed by atoms with van der Waals surface area (Å²) in [5.41, 5.74) is 1.79. The summed E-state index contributed by atoms with van der Waals surface area (Å²) < 4.78 is 1.36. The van der Waals surface area contributed by atoms with Crippen LogP contribution in [0, 0.1) is 0 Å². The summed E-state index contributed by atoms with van der Waals surface area (Å²) >= 11 is 13.5. The van der Waals surface area contributed by atoms with Crippen LogP contribution >= 0.6 is 34.5 Å². The summed E-state index contributed by atoms with van der Waals surface area (Å²) in [5, 5.41) is 3.33. The Hall–Kier alpha value is -0.680. The summed E-state index contributed by atoms with van der Waals surface area (Å²) in [6.07, 6.45) is 5.05. The molecule has 0 aliphatic rings. The normalized spacial score (nSPS) is 12.6. The molecule has 2 aromatic heterocycles. The largest absolute Gasteiger partial charge is 0.305 e. The molecule has 0 radical (unpaired) electrons. The molecule has 6 heteroatoms. The third-order valence-electron chi connectivity index (χ3n) is 2.28. The molecule has 0 aliphatic carbocycles. The maximum atomic E-state index is 6.17. The predicted octanol–water partition coefficient (Wildman–Crippen LogP) is 3.54. The highest BCUT2D eigenvalue weighted by Crippen LogP contribution is 2.36. The van der Waals surface area contributed by atoms with E-state index in [9.17, 15) is 0 Å². The van der Waals surface area contributed by atoms with Crippen LogP contribution < -0.4 is 5.32 Å². The van der Waals surface area contributed by atoms with E-state index in [0.717, 1.165) is 17.8 Å². The zero-order chi connectivity index (χ0) is 12.3. The number of halogens is 2. The molecule has 0 amide bonds. The van der Waals surface area contributed by atoms with Crippen molar-refractivity contribution < 1.29 is 0 Å². The predicted molar refractivity (Wildman–Crippen MR) is 71.9 cm³/mol. The topological polar surface area (TPSA) is 37.8 Å². The van der Waals surface area contributed by atoms with Crippen LogP contribution in [0.5, 0.6) is 0 Å². The minimum Gasteiger partial charge on any atom is -0.305 e. The fraction of sp³-hybridized carbons (Fsp3) is 0.273. The fourth-order valence-electron chi connectivity index (χ4n) is 1.59. The van der Waals surface area contributed by atoms with Crippen LogP contribution in [-0.2, 0) is 0 Å². The second-order valence-corrected chi connectivity index (χ2v) is 5.69. The lowest BCUT2D eigenvalue weighted by Gasteiger charge is -2.16. The summed E-state index contributed by atoms with van der Waals surface area (Å²) in [4.78, 5) is 8.38. The van der Waals surface area contributed by atoms with Crippen molar-refractivity contribution in [1.29, 1.82) is 0 Å². The van der Waals surface area contributed by atoms with Crippen LogP contribution in [0.3, 0.4) is 0 Å². The van der Waals surface area contributed by atoms with Gasteiger partial charge < -0.3 is 5.32 Å². The number of thiophene rings is 1. The SMILES string of the molecule is CCNC(c1cnccn1)c1cc(Cl)sc1Cl. The van der Waals surface area contributed by atoms with Gasteiger partial charge in [-0.2, -0.15) is 0 Å². The van der Waals surface area contributed by atoms with Gasteiger partial charge in [0.1, 0.15) is 0 Å². The molecule has 0 spiro atoms. The molecule has 0 saturated heterocycles. The standard InChI is InChI=1S/C11H11Cl2N3S/c1-2-15-10(8-6-14-3-4-16-8)7-5-9(12)17-11(7)13/h3-6,10,15H,2H2,1H3. The number of nitrogens with zero attached hydrogens (tertiary/aromatic N) is 2. The molecule has 0 fully saturated rings. The number of rotatable bonds is 4. The first-order chi connectivity index (χ1) is 8.22. The maximum absolute atomic E-state index is 6.17. The van der Waals surface area contributed by atoms with Gasteiger partial charge in [0.25, 0.3) is 0 Å². The lowest BCUT2D eigenvalue weighted by molar-refractivity contribution is 0.614. The highest BCUT2D eigenvalue weighted by atomic mass is 35.5. The molecule has 1 unspecified atom stereocenters. The highest BCUT2D eigenvalue weighted by molar-refractivity contribution is 7.20. The van der Waals surface area contributed by atoms with Crippen LogP contribution in [0.1, 0.15) is 24.2 Å². The van der Waals surface area contributed by atoms with Crippen molar-refractivity contribution in [2.75, 3.05) is 6.54 Å². The Labute approximate surface area is 114 Å². The minimum absolute atomic E-state index is 0.0649. The molecule has 2 heterocycles. The number of hydrogen-bond acceptors (Lipinski definition) is 4. The van der Waals surface area contributed by atoms with E-state index >= 15 is 0 Å². The first kappa shape index (κ1) is 12.8. The molecule has 3 nitrogen and oxygen atoms in total. The molecule has 17 heavy (non-hydrogen) atoms. The second-order valence-electron chi connectivity index (χ2n) is 3.40. The Morgan fingerprint density at radius 1 is 1.41 bits per heavy atom. The second kappa shape index (κ2) is 5.78. The molecular formula is C11H11Cl2N3S. The first-order valence-corrected chi connectivity index (χ1v) is 6.73. The van der Waals surface area contributed by atoms with E-state index < -0.39 is 0 Å². The molecule has 0 saturated carbocycles. The first-order valence-electron chi connectivity index (χ1n) is 5.16. The van der Waals surface area contributed by atoms with Crippen molar-refractivity contribution >= 4 is 34.5 Å². The van der Waals surface area contributed by atoms with Crippen molar-refractivity contribution in [2.24, 2.45) is 0 Å². The zero-order valence-electron chi connectivity index (χ0n) is 9.15. The molecule has 0 aromatic carbocycles. The van der Waals surface area contributed by atoms with Crippen LogP contribution in [-0.4, -0.2) is 16.5 Å². The van der Waals surface area contributed by atoms with Crippen molar-refractivity contribution in [3.05, 3.63) is 44.6 Å². The summed E-state index contributed by atoms with van der Waals surface area (Å²) in [6, 6.07) is 1.81. The van der Waals surface area contributed by atoms with E-state index in [1.807, 2.05) is 13.0 Å². The Kier molecular flexibility index (Phi) is 4.34. The monoisotopic (exact) mass is 287 g/mol. The van der Waals surface area contributed by atoms with Gasteiger partial charge in [0, 0.05) is 18.0 Å². The third-order valence-corrected chi connectivity index (χ3v) is 3.80. The van der Waals surface area contributed by atoms with Gasteiger partial charge in [0.05, 0.1) is 26.6 Å². The molecule has 2 rings (SSSR count). The number of nitrogens with one attached hydrogen (secondary N) is 1. The Morgan fingerprint density at radius 3 is 2.76 bits per heavy atom. The van der Waals surface area contributed by atoms with Gasteiger partial charge in [-0.05, 0) is 12.6 Å². The van der Waals surface area contributed by atoms with Gasteiger partial charge in [-0.15, -0.1) is 11.3 Å². The lowest BCUT2D eigenvalue weighted by Crippen LogP contribution is -2.22. The average Bonchev–Trinajstić information content (AvgIpc) is 2.66. The van der Waals surface area contributed by atoms with E-state index in [0.29, 0.717) is 8.67 Å². The maximum Gasteiger partial charge on any atom is 0.0996 e. The van der Waals surface area contributed by atoms with Crippen molar-refractivity contribution in [3.63, 3.8) is 0 Å². The van der Waals surface area contributed by atoms with E-state index in [1.54, 1.807) is 18.6 Å². The summed E-state index contributed by atoms with van der Waals surface area (Å²) in [5.74, 6) is 0. The van der Waals surface area contributed by atoms with E-state index in [2.05, 4.69) is 15.3 Å². The fourth-order valence-corrected chi connectivity index (χ4v) is 3.12. The van der Waals surface area contributed by atoms with Crippen molar-refractivity contribution in [3.8, 4) is 0 Å². The van der Waals surface area contributed by atoms with Crippen molar-refractivity contribution in [2.45, 2.75) is 13.0 Å². The van der Waals surface area contributed by atoms with Crippen LogP contribution in [0.15, 0.2) is 24.7 Å². The molecule has 90 valence electrons. The Balaban J connectivity index is 2.39. The Bertz CT molecular complexity index is 487. The van der Waals surface area contributed by atoms with Crippen LogP contribution in [0.2, 0.25) is 8.67 Å². The van der Waals surface area contributed by atoms with Gasteiger partial charge in [-0.25, -0.2) is 0 Å². The molecule has 1 atom stereocenters. The lowest BCUT2D eigenvalue weighted by atomic mass is 10.1. The van der Waals surface area contributed by atoms with E-state index in [1.165, 1.54) is 11.3 Å². The zero-order valence-corrected chi connectivity index (χ0v) is 11.5. The van der Waals surface area contributed by atoms with Gasteiger partial charge in [0.2, 0.25) is 0 Å². The van der Waals surface area contributed by atoms with Gasteiger partial charge in [-0.3, -0.25) is 9.97 Å². The van der Waals surface area contributed by atoms with Gasteiger partial charge in [0.15, 0.2) is 0 Å². The molecule has 0 bridgehead atoms. The Morgan fingerprint density at radius 2 is 2.24 bits per heavy atom. The summed E-state index contributed by atoms with van der Waals surface area (Å²) in [6.45, 7) is 2.84. The van der Waals surface area contributed by atoms with Gasteiger partial charge >= 0.3 is 0 Å². The van der Waals surface area contributed by atoms with Crippen LogP contribution in [0.25, 0.3) is 0 Å². The smallest absolute Gasteiger partial charge is 0.0996 e.